The van der Waals surface area contributed by atoms with E-state index in [1.807, 2.05) is 6.92 Å². The summed E-state index contributed by atoms with van der Waals surface area (Å²) in [5.74, 6) is -0.325. The van der Waals surface area contributed by atoms with E-state index in [9.17, 15) is 9.18 Å². The van der Waals surface area contributed by atoms with Crippen LogP contribution in [0.15, 0.2) is 17.1 Å². The van der Waals surface area contributed by atoms with Crippen molar-refractivity contribution in [3.63, 3.8) is 0 Å². The quantitative estimate of drug-likeness (QED) is 0.797. The molecule has 0 atom stereocenters. The Morgan fingerprint density at radius 3 is 2.82 bits per heavy atom. The molecule has 0 amide bonds. The molecule has 0 N–H and O–H groups in total. The molecule has 0 aliphatic carbocycles. The van der Waals surface area contributed by atoms with E-state index in [1.165, 1.54) is 17.6 Å². The summed E-state index contributed by atoms with van der Waals surface area (Å²) in [5, 5.41) is 0. The predicted octanol–water partition coefficient (Wildman–Crippen LogP) is 1.71. The van der Waals surface area contributed by atoms with Crippen LogP contribution in [0.1, 0.15) is 18.2 Å². The number of nitrogens with zero attached hydrogens (tertiary/aromatic N) is 2. The van der Waals surface area contributed by atoms with Crippen molar-refractivity contribution in [1.82, 2.24) is 9.38 Å². The Labute approximate surface area is 97.7 Å². The highest BCUT2D eigenvalue weighted by Gasteiger charge is 2.14. The Hall–Kier alpha value is -1.91. The van der Waals surface area contributed by atoms with Crippen LogP contribution in [0.25, 0.3) is 5.65 Å². The lowest BCUT2D eigenvalue weighted by atomic mass is 10.2. The number of pyridine rings is 1. The zero-order valence-electron chi connectivity index (χ0n) is 9.95. The highest BCUT2D eigenvalue weighted by atomic mass is 19.1. The summed E-state index contributed by atoms with van der Waals surface area (Å²) in [5.41, 5.74) is 0.792. The number of methoxy groups -OCH3 is 1. The van der Waals surface area contributed by atoms with Gasteiger partial charge in [0.1, 0.15) is 0 Å². The van der Waals surface area contributed by atoms with Crippen LogP contribution in [0.5, 0.6) is 5.75 Å². The molecule has 0 bridgehead atoms. The van der Waals surface area contributed by atoms with E-state index in [2.05, 4.69) is 4.98 Å². The highest BCUT2D eigenvalue weighted by Crippen LogP contribution is 2.15. The molecule has 2 heterocycles. The van der Waals surface area contributed by atoms with E-state index in [0.29, 0.717) is 17.7 Å². The Balaban J connectivity index is 2.96. The molecule has 2 rings (SSSR count). The second-order valence-corrected chi connectivity index (χ2v) is 3.81. The normalized spacial score (nSPS) is 10.8. The van der Waals surface area contributed by atoms with Gasteiger partial charge < -0.3 is 4.74 Å². The molecule has 4 nitrogen and oxygen atoms in total. The Bertz CT molecular complexity index is 634. The molecule has 0 fully saturated rings. The molecule has 90 valence electrons. The number of fused-ring (bicyclic) bond motifs is 1. The third kappa shape index (κ3) is 1.77. The van der Waals surface area contributed by atoms with Gasteiger partial charge in [-0.15, -0.1) is 0 Å². The van der Waals surface area contributed by atoms with Gasteiger partial charge in [-0.3, -0.25) is 9.20 Å². The first-order valence-corrected chi connectivity index (χ1v) is 5.33. The molecule has 0 radical (unpaired) electrons. The number of aromatic nitrogens is 2. The van der Waals surface area contributed by atoms with Gasteiger partial charge in [-0.05, 0) is 25.0 Å². The van der Waals surface area contributed by atoms with Crippen molar-refractivity contribution >= 4 is 5.65 Å². The van der Waals surface area contributed by atoms with Crippen LogP contribution in [0.4, 0.5) is 4.39 Å². The first kappa shape index (κ1) is 11.6. The van der Waals surface area contributed by atoms with E-state index in [-0.39, 0.29) is 17.0 Å². The molecule has 0 saturated heterocycles. The molecule has 0 saturated carbocycles. The zero-order valence-corrected chi connectivity index (χ0v) is 9.95. The maximum atomic E-state index is 13.7. The maximum Gasteiger partial charge on any atom is 0.300 e. The molecule has 0 spiro atoms. The van der Waals surface area contributed by atoms with Gasteiger partial charge >= 0.3 is 5.56 Å². The van der Waals surface area contributed by atoms with Crippen molar-refractivity contribution in [3.8, 4) is 5.75 Å². The zero-order chi connectivity index (χ0) is 12.6. The van der Waals surface area contributed by atoms with Gasteiger partial charge in [-0.2, -0.15) is 0 Å². The summed E-state index contributed by atoms with van der Waals surface area (Å²) in [4.78, 5) is 16.2. The van der Waals surface area contributed by atoms with E-state index < -0.39 is 5.82 Å². The van der Waals surface area contributed by atoms with E-state index in [0.717, 1.165) is 0 Å². The number of halogens is 1. The minimum Gasteiger partial charge on any atom is -0.490 e. The molecular formula is C12H13FN2O2. The second-order valence-electron chi connectivity index (χ2n) is 3.81. The predicted molar refractivity (Wildman–Crippen MR) is 62.1 cm³/mol. The van der Waals surface area contributed by atoms with Crippen LogP contribution >= 0.6 is 0 Å². The third-order valence-electron chi connectivity index (χ3n) is 2.58. The third-order valence-corrected chi connectivity index (χ3v) is 2.58. The average Bonchev–Trinajstić information content (AvgIpc) is 2.30. The van der Waals surface area contributed by atoms with Gasteiger partial charge in [0.2, 0.25) is 5.75 Å². The topological polar surface area (TPSA) is 43.6 Å². The van der Waals surface area contributed by atoms with Crippen molar-refractivity contribution in [1.29, 1.82) is 0 Å². The van der Waals surface area contributed by atoms with Crippen LogP contribution < -0.4 is 10.3 Å². The van der Waals surface area contributed by atoms with Gasteiger partial charge in [-0.1, -0.05) is 6.92 Å². The largest absolute Gasteiger partial charge is 0.490 e. The molecule has 5 heteroatoms. The lowest BCUT2D eigenvalue weighted by Crippen LogP contribution is -2.20. The second kappa shape index (κ2) is 4.16. The minimum atomic E-state index is -0.501. The van der Waals surface area contributed by atoms with Crippen molar-refractivity contribution in [2.45, 2.75) is 20.3 Å². The first-order chi connectivity index (χ1) is 8.08. The number of hydrogen-bond donors (Lipinski definition) is 0. The van der Waals surface area contributed by atoms with E-state index in [1.54, 1.807) is 13.1 Å². The van der Waals surface area contributed by atoms with Crippen LogP contribution in [0.2, 0.25) is 0 Å². The number of hydrogen-bond acceptors (Lipinski definition) is 3. The fourth-order valence-electron chi connectivity index (χ4n) is 1.80. The molecule has 2 aromatic rings. The fourth-order valence-corrected chi connectivity index (χ4v) is 1.80. The van der Waals surface area contributed by atoms with Crippen molar-refractivity contribution in [2.24, 2.45) is 0 Å². The van der Waals surface area contributed by atoms with Crippen LogP contribution in [0, 0.1) is 12.7 Å². The Morgan fingerprint density at radius 2 is 2.24 bits per heavy atom. The summed E-state index contributed by atoms with van der Waals surface area (Å²) in [6.07, 6.45) is 2.07. The smallest absolute Gasteiger partial charge is 0.300 e. The van der Waals surface area contributed by atoms with Crippen molar-refractivity contribution < 1.29 is 9.13 Å². The molecule has 0 unspecified atom stereocenters. The average molecular weight is 236 g/mol. The minimum absolute atomic E-state index is 0.0400. The number of rotatable bonds is 2. The standard InChI is InChI=1S/C12H13FN2O2/c1-4-9-10(17-3)12(16)15-6-7(2)5-8(13)11(15)14-9/h5-6H,4H2,1-3H3. The lowest BCUT2D eigenvalue weighted by molar-refractivity contribution is 0.399. The fraction of sp³-hybridized carbons (Fsp3) is 0.333. The number of aryl methyl sites for hydroxylation is 2. The van der Waals surface area contributed by atoms with Crippen LogP contribution in [0.3, 0.4) is 0 Å². The monoisotopic (exact) mass is 236 g/mol. The van der Waals surface area contributed by atoms with Gasteiger partial charge in [-0.25, -0.2) is 9.37 Å². The molecule has 0 aliphatic heterocycles. The van der Waals surface area contributed by atoms with Gasteiger partial charge in [0.05, 0.1) is 12.8 Å². The highest BCUT2D eigenvalue weighted by molar-refractivity contribution is 5.45. The molecule has 0 aromatic carbocycles. The Kier molecular flexibility index (Phi) is 2.83. The van der Waals surface area contributed by atoms with Crippen LogP contribution in [-0.2, 0) is 6.42 Å². The summed E-state index contributed by atoms with van der Waals surface area (Å²) in [6.45, 7) is 3.56. The number of ether oxygens (including phenoxy) is 1. The maximum absolute atomic E-state index is 13.7. The Morgan fingerprint density at radius 1 is 1.53 bits per heavy atom. The summed E-state index contributed by atoms with van der Waals surface area (Å²) in [7, 11) is 1.41. The lowest BCUT2D eigenvalue weighted by Gasteiger charge is -2.09. The van der Waals surface area contributed by atoms with Crippen molar-refractivity contribution in [2.75, 3.05) is 7.11 Å². The SMILES string of the molecule is CCc1nc2c(F)cc(C)cn2c(=O)c1OC. The molecule has 17 heavy (non-hydrogen) atoms. The van der Waals surface area contributed by atoms with E-state index >= 15 is 0 Å². The van der Waals surface area contributed by atoms with Gasteiger partial charge in [0.25, 0.3) is 0 Å². The van der Waals surface area contributed by atoms with Crippen molar-refractivity contribution in [3.05, 3.63) is 39.7 Å². The van der Waals surface area contributed by atoms with Gasteiger partial charge in [0.15, 0.2) is 11.5 Å². The summed E-state index contributed by atoms with van der Waals surface area (Å²) < 4.78 is 19.9. The van der Waals surface area contributed by atoms with Gasteiger partial charge in [0, 0.05) is 6.20 Å². The summed E-state index contributed by atoms with van der Waals surface area (Å²) >= 11 is 0. The summed E-state index contributed by atoms with van der Waals surface area (Å²) in [6, 6.07) is 1.35. The molecule has 2 aromatic heterocycles. The first-order valence-electron chi connectivity index (χ1n) is 5.33. The molecular weight excluding hydrogens is 223 g/mol. The van der Waals surface area contributed by atoms with E-state index in [4.69, 9.17) is 4.74 Å². The van der Waals surface area contributed by atoms with Crippen LogP contribution in [-0.4, -0.2) is 16.5 Å². The molecule has 0 aliphatic rings.